The third-order valence-electron chi connectivity index (χ3n) is 2.87. The SMILES string of the molecule is CCC(N)Cc1noc(-c2cc(Br)ccc2C)n1. The van der Waals surface area contributed by atoms with E-state index < -0.39 is 0 Å². The van der Waals surface area contributed by atoms with Gasteiger partial charge in [-0.3, -0.25) is 0 Å². The van der Waals surface area contributed by atoms with Gasteiger partial charge in [0, 0.05) is 22.5 Å². The van der Waals surface area contributed by atoms with Crippen molar-refractivity contribution in [2.75, 3.05) is 0 Å². The molecule has 0 aliphatic carbocycles. The first kappa shape index (κ1) is 13.2. The van der Waals surface area contributed by atoms with E-state index in [0.29, 0.717) is 18.1 Å². The topological polar surface area (TPSA) is 64.9 Å². The Morgan fingerprint density at radius 1 is 1.44 bits per heavy atom. The molecule has 1 aromatic carbocycles. The molecule has 0 amide bonds. The second-order valence-electron chi connectivity index (χ2n) is 4.35. The molecule has 96 valence electrons. The van der Waals surface area contributed by atoms with E-state index in [4.69, 9.17) is 10.3 Å². The van der Waals surface area contributed by atoms with Crippen LogP contribution < -0.4 is 5.73 Å². The lowest BCUT2D eigenvalue weighted by Crippen LogP contribution is -2.21. The van der Waals surface area contributed by atoms with Gasteiger partial charge in [0.25, 0.3) is 5.89 Å². The molecule has 1 unspecified atom stereocenters. The molecule has 5 heteroatoms. The van der Waals surface area contributed by atoms with Crippen LogP contribution in [0.3, 0.4) is 0 Å². The molecule has 0 saturated heterocycles. The van der Waals surface area contributed by atoms with Gasteiger partial charge in [0.15, 0.2) is 5.82 Å². The van der Waals surface area contributed by atoms with Crippen molar-refractivity contribution >= 4 is 15.9 Å². The van der Waals surface area contributed by atoms with Crippen molar-refractivity contribution in [1.29, 1.82) is 0 Å². The van der Waals surface area contributed by atoms with Crippen LogP contribution in [0.4, 0.5) is 0 Å². The number of hydrogen-bond donors (Lipinski definition) is 1. The molecule has 1 heterocycles. The van der Waals surface area contributed by atoms with Crippen molar-refractivity contribution in [1.82, 2.24) is 10.1 Å². The predicted octanol–water partition coefficient (Wildman–Crippen LogP) is 3.09. The average molecular weight is 310 g/mol. The second-order valence-corrected chi connectivity index (χ2v) is 5.26. The minimum atomic E-state index is 0.0825. The van der Waals surface area contributed by atoms with Gasteiger partial charge in [0.05, 0.1) is 0 Å². The van der Waals surface area contributed by atoms with E-state index in [-0.39, 0.29) is 6.04 Å². The van der Waals surface area contributed by atoms with Gasteiger partial charge in [-0.05, 0) is 31.0 Å². The Balaban J connectivity index is 2.26. The first-order chi connectivity index (χ1) is 8.60. The van der Waals surface area contributed by atoms with Crippen LogP contribution in [0.2, 0.25) is 0 Å². The van der Waals surface area contributed by atoms with Crippen molar-refractivity contribution in [3.63, 3.8) is 0 Å². The number of nitrogens with two attached hydrogens (primary N) is 1. The Morgan fingerprint density at radius 3 is 2.94 bits per heavy atom. The summed E-state index contributed by atoms with van der Waals surface area (Å²) in [5.74, 6) is 1.21. The monoisotopic (exact) mass is 309 g/mol. The van der Waals surface area contributed by atoms with Crippen LogP contribution in [-0.4, -0.2) is 16.2 Å². The van der Waals surface area contributed by atoms with Crippen molar-refractivity contribution in [2.24, 2.45) is 5.73 Å². The predicted molar refractivity (Wildman–Crippen MR) is 74.1 cm³/mol. The lowest BCUT2D eigenvalue weighted by atomic mass is 10.1. The highest BCUT2D eigenvalue weighted by Gasteiger charge is 2.13. The van der Waals surface area contributed by atoms with Gasteiger partial charge in [0.2, 0.25) is 0 Å². The van der Waals surface area contributed by atoms with E-state index in [1.54, 1.807) is 0 Å². The van der Waals surface area contributed by atoms with Gasteiger partial charge < -0.3 is 10.3 Å². The van der Waals surface area contributed by atoms with Crippen LogP contribution in [0.15, 0.2) is 27.2 Å². The maximum absolute atomic E-state index is 5.88. The van der Waals surface area contributed by atoms with E-state index >= 15 is 0 Å². The third kappa shape index (κ3) is 2.97. The number of aryl methyl sites for hydroxylation is 1. The highest BCUT2D eigenvalue weighted by molar-refractivity contribution is 9.10. The minimum absolute atomic E-state index is 0.0825. The fourth-order valence-electron chi connectivity index (χ4n) is 1.65. The zero-order chi connectivity index (χ0) is 13.1. The van der Waals surface area contributed by atoms with E-state index in [0.717, 1.165) is 22.0 Å². The first-order valence-electron chi connectivity index (χ1n) is 5.95. The van der Waals surface area contributed by atoms with Crippen LogP contribution in [0, 0.1) is 6.92 Å². The highest BCUT2D eigenvalue weighted by atomic mass is 79.9. The summed E-state index contributed by atoms with van der Waals surface area (Å²) >= 11 is 3.44. The quantitative estimate of drug-likeness (QED) is 0.942. The molecule has 0 saturated carbocycles. The zero-order valence-electron chi connectivity index (χ0n) is 10.5. The van der Waals surface area contributed by atoms with E-state index in [1.807, 2.05) is 32.0 Å². The summed E-state index contributed by atoms with van der Waals surface area (Å²) in [4.78, 5) is 4.39. The van der Waals surface area contributed by atoms with Crippen LogP contribution >= 0.6 is 15.9 Å². The van der Waals surface area contributed by atoms with Gasteiger partial charge in [-0.2, -0.15) is 4.98 Å². The maximum atomic E-state index is 5.88. The highest BCUT2D eigenvalue weighted by Crippen LogP contribution is 2.25. The van der Waals surface area contributed by atoms with E-state index in [9.17, 15) is 0 Å². The Bertz CT molecular complexity index is 539. The van der Waals surface area contributed by atoms with Crippen LogP contribution in [0.25, 0.3) is 11.5 Å². The van der Waals surface area contributed by atoms with Gasteiger partial charge in [0.1, 0.15) is 0 Å². The molecule has 0 fully saturated rings. The third-order valence-corrected chi connectivity index (χ3v) is 3.36. The Morgan fingerprint density at radius 2 is 2.22 bits per heavy atom. The number of nitrogens with zero attached hydrogens (tertiary/aromatic N) is 2. The number of hydrogen-bond acceptors (Lipinski definition) is 4. The Labute approximate surface area is 115 Å². The molecule has 0 aliphatic heterocycles. The van der Waals surface area contributed by atoms with E-state index in [2.05, 4.69) is 26.1 Å². The lowest BCUT2D eigenvalue weighted by molar-refractivity contribution is 0.419. The fourth-order valence-corrected chi connectivity index (χ4v) is 2.01. The lowest BCUT2D eigenvalue weighted by Gasteiger charge is -2.03. The molecule has 0 spiro atoms. The molecule has 2 rings (SSSR count). The van der Waals surface area contributed by atoms with Gasteiger partial charge in [-0.15, -0.1) is 0 Å². The molecule has 4 nitrogen and oxygen atoms in total. The number of rotatable bonds is 4. The van der Waals surface area contributed by atoms with Crippen molar-refractivity contribution < 1.29 is 4.52 Å². The summed E-state index contributed by atoms with van der Waals surface area (Å²) < 4.78 is 6.29. The first-order valence-corrected chi connectivity index (χ1v) is 6.74. The average Bonchev–Trinajstić information content (AvgIpc) is 2.80. The zero-order valence-corrected chi connectivity index (χ0v) is 12.1. The Kier molecular flexibility index (Phi) is 4.14. The normalized spacial score (nSPS) is 12.7. The summed E-state index contributed by atoms with van der Waals surface area (Å²) in [6.45, 7) is 4.06. The Hall–Kier alpha value is -1.20. The molecule has 18 heavy (non-hydrogen) atoms. The molecule has 1 aromatic heterocycles. The largest absolute Gasteiger partial charge is 0.334 e. The molecule has 2 N–H and O–H groups in total. The van der Waals surface area contributed by atoms with Crippen molar-refractivity contribution in [3.8, 4) is 11.5 Å². The molecule has 0 radical (unpaired) electrons. The second kappa shape index (κ2) is 5.63. The molecule has 0 aliphatic rings. The summed E-state index contributed by atoms with van der Waals surface area (Å²) in [6.07, 6.45) is 1.55. The molecular weight excluding hydrogens is 294 g/mol. The summed E-state index contributed by atoms with van der Waals surface area (Å²) in [5, 5.41) is 3.97. The number of benzene rings is 1. The molecule has 1 atom stereocenters. The molecule has 0 bridgehead atoms. The summed E-state index contributed by atoms with van der Waals surface area (Å²) in [7, 11) is 0. The standard InChI is InChI=1S/C13H16BrN3O/c1-3-10(15)7-12-16-13(18-17-12)11-6-9(14)5-4-8(11)2/h4-6,10H,3,7,15H2,1-2H3. The van der Waals surface area contributed by atoms with Crippen molar-refractivity contribution in [2.45, 2.75) is 32.7 Å². The number of aromatic nitrogens is 2. The van der Waals surface area contributed by atoms with Crippen LogP contribution in [0.5, 0.6) is 0 Å². The van der Waals surface area contributed by atoms with Gasteiger partial charge >= 0.3 is 0 Å². The van der Waals surface area contributed by atoms with Crippen LogP contribution in [-0.2, 0) is 6.42 Å². The van der Waals surface area contributed by atoms with Crippen molar-refractivity contribution in [3.05, 3.63) is 34.1 Å². The minimum Gasteiger partial charge on any atom is -0.334 e. The summed E-state index contributed by atoms with van der Waals surface area (Å²) in [6, 6.07) is 6.07. The molecular formula is C13H16BrN3O. The fraction of sp³-hybridized carbons (Fsp3) is 0.385. The van der Waals surface area contributed by atoms with E-state index in [1.165, 1.54) is 0 Å². The maximum Gasteiger partial charge on any atom is 0.258 e. The van der Waals surface area contributed by atoms with Gasteiger partial charge in [-0.1, -0.05) is 34.1 Å². The van der Waals surface area contributed by atoms with Gasteiger partial charge in [-0.25, -0.2) is 0 Å². The smallest absolute Gasteiger partial charge is 0.258 e. The van der Waals surface area contributed by atoms with Crippen LogP contribution in [0.1, 0.15) is 24.7 Å². The summed E-state index contributed by atoms with van der Waals surface area (Å²) in [5.41, 5.74) is 7.93. The number of halogens is 1. The molecule has 2 aromatic rings.